The minimum atomic E-state index is 0.484. The lowest BCUT2D eigenvalue weighted by atomic mass is 10.2. The van der Waals surface area contributed by atoms with E-state index in [-0.39, 0.29) is 0 Å². The highest BCUT2D eigenvalue weighted by molar-refractivity contribution is 6.08. The van der Waals surface area contributed by atoms with E-state index in [9.17, 15) is 0 Å². The molecule has 44 valence electrons. The van der Waals surface area contributed by atoms with Crippen molar-refractivity contribution in [1.82, 2.24) is 0 Å². The van der Waals surface area contributed by atoms with E-state index in [0.29, 0.717) is 6.04 Å². The molecule has 2 N–H and O–H groups in total. The molecule has 7 heavy (non-hydrogen) atoms. The molecule has 0 aromatic heterocycles. The van der Waals surface area contributed by atoms with Crippen molar-refractivity contribution in [2.45, 2.75) is 31.9 Å². The lowest BCUT2D eigenvalue weighted by molar-refractivity contribution is 0.629. The topological polar surface area (TPSA) is 26.0 Å². The number of nitrogens with two attached hydrogens (primary N) is 1. The smallest absolute Gasteiger partial charge is 0.00332 e. The molecule has 0 saturated heterocycles. The summed E-state index contributed by atoms with van der Waals surface area (Å²) in [5, 5.41) is 0. The van der Waals surface area contributed by atoms with E-state index in [0.717, 1.165) is 6.42 Å². The maximum Gasteiger partial charge on any atom is 0.00332 e. The first-order valence-corrected chi connectivity index (χ1v) is 4.48. The molecule has 1 nitrogen and oxygen atoms in total. The van der Waals surface area contributed by atoms with Gasteiger partial charge in [0.05, 0.1) is 0 Å². The SMILES string of the molecule is CCC(N)CC[SiH3]. The van der Waals surface area contributed by atoms with E-state index in [4.69, 9.17) is 5.73 Å². The minimum Gasteiger partial charge on any atom is -0.328 e. The van der Waals surface area contributed by atoms with Gasteiger partial charge in [-0.3, -0.25) is 0 Å². The predicted molar refractivity (Wildman–Crippen MR) is 37.6 cm³/mol. The van der Waals surface area contributed by atoms with E-state index < -0.39 is 0 Å². The predicted octanol–water partition coefficient (Wildman–Crippen LogP) is -0.102. The maximum absolute atomic E-state index is 5.61. The third-order valence-electron chi connectivity index (χ3n) is 1.18. The highest BCUT2D eigenvalue weighted by atomic mass is 28.1. The third-order valence-corrected chi connectivity index (χ3v) is 1.76. The zero-order valence-corrected chi connectivity index (χ0v) is 7.28. The van der Waals surface area contributed by atoms with Crippen LogP contribution in [0, 0.1) is 0 Å². The highest BCUT2D eigenvalue weighted by Gasteiger charge is 1.92. The van der Waals surface area contributed by atoms with Crippen LogP contribution in [0.5, 0.6) is 0 Å². The van der Waals surface area contributed by atoms with Crippen LogP contribution in [0.15, 0.2) is 0 Å². The minimum absolute atomic E-state index is 0.484. The Morgan fingerprint density at radius 3 is 2.43 bits per heavy atom. The normalized spacial score (nSPS) is 14.6. The molecule has 0 aromatic carbocycles. The van der Waals surface area contributed by atoms with Gasteiger partial charge < -0.3 is 5.73 Å². The summed E-state index contributed by atoms with van der Waals surface area (Å²) in [7, 11) is 1.31. The van der Waals surface area contributed by atoms with Crippen LogP contribution in [-0.4, -0.2) is 16.3 Å². The van der Waals surface area contributed by atoms with Crippen LogP contribution in [0.3, 0.4) is 0 Å². The second-order valence-electron chi connectivity index (χ2n) is 1.96. The van der Waals surface area contributed by atoms with E-state index in [2.05, 4.69) is 6.92 Å². The molecule has 2 heteroatoms. The summed E-state index contributed by atoms with van der Waals surface area (Å²) in [6.07, 6.45) is 2.38. The first kappa shape index (κ1) is 7.18. The Balaban J connectivity index is 2.83. The summed E-state index contributed by atoms with van der Waals surface area (Å²) in [5.74, 6) is 0. The Hall–Kier alpha value is 0.177. The monoisotopic (exact) mass is 117 g/mol. The van der Waals surface area contributed by atoms with Crippen molar-refractivity contribution in [2.75, 3.05) is 0 Å². The van der Waals surface area contributed by atoms with Crippen LogP contribution >= 0.6 is 0 Å². The fourth-order valence-corrected chi connectivity index (χ4v) is 1.32. The molecule has 0 bridgehead atoms. The fraction of sp³-hybridized carbons (Fsp3) is 1.00. The second-order valence-corrected chi connectivity index (χ2v) is 2.96. The lowest BCUT2D eigenvalue weighted by Gasteiger charge is -2.03. The van der Waals surface area contributed by atoms with Gasteiger partial charge in [-0.25, -0.2) is 0 Å². The van der Waals surface area contributed by atoms with Crippen molar-refractivity contribution in [3.05, 3.63) is 0 Å². The first-order valence-electron chi connectivity index (χ1n) is 3.06. The lowest BCUT2D eigenvalue weighted by Crippen LogP contribution is -2.17. The van der Waals surface area contributed by atoms with E-state index in [1.165, 1.54) is 22.7 Å². The van der Waals surface area contributed by atoms with Gasteiger partial charge in [0.2, 0.25) is 0 Å². The molecule has 0 amide bonds. The number of hydrogen-bond acceptors (Lipinski definition) is 1. The zero-order valence-electron chi connectivity index (χ0n) is 5.28. The average molecular weight is 117 g/mol. The summed E-state index contributed by atoms with van der Waals surface area (Å²) in [6.45, 7) is 2.14. The van der Waals surface area contributed by atoms with Crippen molar-refractivity contribution in [3.8, 4) is 0 Å². The Morgan fingerprint density at radius 2 is 2.29 bits per heavy atom. The molecular formula is C5H15NSi. The summed E-state index contributed by atoms with van der Waals surface area (Å²) in [4.78, 5) is 0. The van der Waals surface area contributed by atoms with E-state index in [1.807, 2.05) is 0 Å². The number of hydrogen-bond donors (Lipinski definition) is 1. The summed E-state index contributed by atoms with van der Waals surface area (Å²) < 4.78 is 0. The molecule has 1 atom stereocenters. The van der Waals surface area contributed by atoms with Gasteiger partial charge >= 0.3 is 0 Å². The van der Waals surface area contributed by atoms with Gasteiger partial charge in [-0.2, -0.15) is 0 Å². The van der Waals surface area contributed by atoms with Crippen molar-refractivity contribution in [1.29, 1.82) is 0 Å². The molecule has 0 radical (unpaired) electrons. The highest BCUT2D eigenvalue weighted by Crippen LogP contribution is 1.94. The Kier molecular flexibility index (Phi) is 4.45. The maximum atomic E-state index is 5.61. The molecule has 0 aliphatic heterocycles. The Morgan fingerprint density at radius 1 is 1.71 bits per heavy atom. The molecule has 0 saturated carbocycles. The van der Waals surface area contributed by atoms with E-state index >= 15 is 0 Å². The van der Waals surface area contributed by atoms with Crippen molar-refractivity contribution >= 4 is 10.2 Å². The molecule has 0 rings (SSSR count). The van der Waals surface area contributed by atoms with Crippen molar-refractivity contribution in [2.24, 2.45) is 5.73 Å². The van der Waals surface area contributed by atoms with Crippen LogP contribution in [0.2, 0.25) is 6.04 Å². The molecule has 0 heterocycles. The zero-order chi connectivity index (χ0) is 5.70. The van der Waals surface area contributed by atoms with Gasteiger partial charge in [0.25, 0.3) is 0 Å². The van der Waals surface area contributed by atoms with Crippen LogP contribution in [0.1, 0.15) is 19.8 Å². The molecule has 0 aromatic rings. The van der Waals surface area contributed by atoms with Crippen LogP contribution < -0.4 is 5.73 Å². The summed E-state index contributed by atoms with van der Waals surface area (Å²) in [5.41, 5.74) is 5.61. The fourth-order valence-electron chi connectivity index (χ4n) is 0.575. The van der Waals surface area contributed by atoms with Gasteiger partial charge in [-0.15, -0.1) is 0 Å². The van der Waals surface area contributed by atoms with Gasteiger partial charge in [0.1, 0.15) is 0 Å². The van der Waals surface area contributed by atoms with Gasteiger partial charge in [-0.05, 0) is 12.8 Å². The first-order chi connectivity index (χ1) is 3.31. The Labute approximate surface area is 48.7 Å². The quantitative estimate of drug-likeness (QED) is 0.513. The molecule has 0 aliphatic carbocycles. The van der Waals surface area contributed by atoms with Crippen molar-refractivity contribution in [3.63, 3.8) is 0 Å². The third kappa shape index (κ3) is 4.02. The molecule has 0 aliphatic rings. The molecular weight excluding hydrogens is 102 g/mol. The molecule has 1 unspecified atom stereocenters. The van der Waals surface area contributed by atoms with Crippen LogP contribution in [-0.2, 0) is 0 Å². The van der Waals surface area contributed by atoms with Gasteiger partial charge in [-0.1, -0.05) is 13.0 Å². The van der Waals surface area contributed by atoms with Crippen LogP contribution in [0.4, 0.5) is 0 Å². The summed E-state index contributed by atoms with van der Waals surface area (Å²) >= 11 is 0. The van der Waals surface area contributed by atoms with Crippen LogP contribution in [0.25, 0.3) is 0 Å². The van der Waals surface area contributed by atoms with Gasteiger partial charge in [0.15, 0.2) is 0 Å². The molecule has 0 spiro atoms. The van der Waals surface area contributed by atoms with Gasteiger partial charge in [0, 0.05) is 16.3 Å². The van der Waals surface area contributed by atoms with E-state index in [1.54, 1.807) is 0 Å². The second kappa shape index (κ2) is 4.34. The number of rotatable bonds is 3. The molecule has 0 fully saturated rings. The largest absolute Gasteiger partial charge is 0.328 e. The average Bonchev–Trinajstić information content (AvgIpc) is 1.68. The summed E-state index contributed by atoms with van der Waals surface area (Å²) in [6, 6.07) is 1.84. The van der Waals surface area contributed by atoms with Crippen molar-refractivity contribution < 1.29 is 0 Å². The standard InChI is InChI=1S/C5H15NSi/c1-2-5(6)3-4-7/h5H,2-4,6H2,1,7H3. The Bertz CT molecular complexity index is 39.1.